The molecule has 2 amide bonds. The van der Waals surface area contributed by atoms with Gasteiger partial charge in [0.25, 0.3) is 0 Å². The molecule has 2 aliphatic rings. The molecular formula is C19H26N2O5. The van der Waals surface area contributed by atoms with Gasteiger partial charge in [-0.3, -0.25) is 9.59 Å². The molecule has 2 heterocycles. The topological polar surface area (TPSA) is 88.1 Å². The molecule has 3 atom stereocenters. The zero-order chi connectivity index (χ0) is 18.7. The minimum atomic E-state index is -0.380. The molecule has 0 aliphatic carbocycles. The second-order valence-electron chi connectivity index (χ2n) is 7.05. The summed E-state index contributed by atoms with van der Waals surface area (Å²) >= 11 is 0. The van der Waals surface area contributed by atoms with Gasteiger partial charge in [0.1, 0.15) is 0 Å². The van der Waals surface area contributed by atoms with Gasteiger partial charge >= 0.3 is 0 Å². The Balaban J connectivity index is 1.58. The Morgan fingerprint density at radius 1 is 1.38 bits per heavy atom. The standard InChI is InChI=1S/C19H26N2O5/c1-3-12(2)15(10-22)20-19(24)14-7-18(23)21(9-14)8-13-4-5-16-17(6-13)26-11-25-16/h4-6,12,14-15,22H,3,7-11H2,1-2H3,(H,20,24)/t12-,14+,15+/m0/s1. The van der Waals surface area contributed by atoms with Gasteiger partial charge in [-0.15, -0.1) is 0 Å². The maximum atomic E-state index is 12.5. The minimum Gasteiger partial charge on any atom is -0.454 e. The first-order chi connectivity index (χ1) is 12.5. The van der Waals surface area contributed by atoms with Crippen LogP contribution in [-0.2, 0) is 16.1 Å². The first-order valence-electron chi connectivity index (χ1n) is 9.09. The molecule has 2 N–H and O–H groups in total. The van der Waals surface area contributed by atoms with Crippen LogP contribution in [0.5, 0.6) is 11.5 Å². The van der Waals surface area contributed by atoms with Crippen LogP contribution in [0.3, 0.4) is 0 Å². The summed E-state index contributed by atoms with van der Waals surface area (Å²) in [5, 5.41) is 12.4. The lowest BCUT2D eigenvalue weighted by molar-refractivity contribution is -0.129. The van der Waals surface area contributed by atoms with Crippen LogP contribution in [0.4, 0.5) is 0 Å². The normalized spacial score (nSPS) is 21.0. The van der Waals surface area contributed by atoms with E-state index >= 15 is 0 Å². The lowest BCUT2D eigenvalue weighted by Gasteiger charge is -2.24. The zero-order valence-corrected chi connectivity index (χ0v) is 15.2. The molecule has 0 unspecified atom stereocenters. The molecule has 3 rings (SSSR count). The number of carbonyl (C=O) groups is 2. The number of rotatable bonds is 7. The molecule has 0 saturated carbocycles. The predicted molar refractivity (Wildman–Crippen MR) is 94.6 cm³/mol. The zero-order valence-electron chi connectivity index (χ0n) is 15.2. The van der Waals surface area contributed by atoms with Crippen LogP contribution < -0.4 is 14.8 Å². The second kappa shape index (κ2) is 7.95. The van der Waals surface area contributed by atoms with Crippen molar-refractivity contribution in [3.8, 4) is 11.5 Å². The Morgan fingerprint density at radius 2 is 2.15 bits per heavy atom. The van der Waals surface area contributed by atoms with Crippen LogP contribution in [0.15, 0.2) is 18.2 Å². The molecule has 0 bridgehead atoms. The molecule has 1 aromatic carbocycles. The van der Waals surface area contributed by atoms with Crippen LogP contribution in [0.1, 0.15) is 32.3 Å². The summed E-state index contributed by atoms with van der Waals surface area (Å²) in [6.07, 6.45) is 1.07. The van der Waals surface area contributed by atoms with Crippen LogP contribution in [0.2, 0.25) is 0 Å². The first kappa shape index (κ1) is 18.5. The number of nitrogens with one attached hydrogen (secondary N) is 1. The molecule has 142 valence electrons. The average molecular weight is 362 g/mol. The third-order valence-corrected chi connectivity index (χ3v) is 5.25. The molecule has 1 fully saturated rings. The van der Waals surface area contributed by atoms with Crippen molar-refractivity contribution in [3.05, 3.63) is 23.8 Å². The first-order valence-corrected chi connectivity index (χ1v) is 9.09. The van der Waals surface area contributed by atoms with Gasteiger partial charge in [0, 0.05) is 19.5 Å². The summed E-state index contributed by atoms with van der Waals surface area (Å²) in [5.41, 5.74) is 0.941. The van der Waals surface area contributed by atoms with Crippen LogP contribution in [0.25, 0.3) is 0 Å². The smallest absolute Gasteiger partial charge is 0.231 e. The highest BCUT2D eigenvalue weighted by atomic mass is 16.7. The Bertz CT molecular complexity index is 678. The Hall–Kier alpha value is -2.28. The maximum absolute atomic E-state index is 12.5. The number of carbonyl (C=O) groups excluding carboxylic acids is 2. The number of hydrogen-bond donors (Lipinski definition) is 2. The summed E-state index contributed by atoms with van der Waals surface area (Å²) in [5.74, 6) is 1.000. The van der Waals surface area contributed by atoms with Gasteiger partial charge in [-0.1, -0.05) is 26.3 Å². The number of hydrogen-bond acceptors (Lipinski definition) is 5. The number of ether oxygens (including phenoxy) is 2. The van der Waals surface area contributed by atoms with Gasteiger partial charge in [0.2, 0.25) is 18.6 Å². The fraction of sp³-hybridized carbons (Fsp3) is 0.579. The number of fused-ring (bicyclic) bond motifs is 1. The van der Waals surface area contributed by atoms with Crippen LogP contribution >= 0.6 is 0 Å². The van der Waals surface area contributed by atoms with Crippen LogP contribution in [0, 0.1) is 11.8 Å². The van der Waals surface area contributed by atoms with Crippen molar-refractivity contribution in [2.24, 2.45) is 11.8 Å². The van der Waals surface area contributed by atoms with E-state index in [1.807, 2.05) is 32.0 Å². The lowest BCUT2D eigenvalue weighted by Crippen LogP contribution is -2.45. The highest BCUT2D eigenvalue weighted by molar-refractivity contribution is 5.89. The molecule has 26 heavy (non-hydrogen) atoms. The number of benzene rings is 1. The largest absolute Gasteiger partial charge is 0.454 e. The summed E-state index contributed by atoms with van der Waals surface area (Å²) < 4.78 is 10.7. The van der Waals surface area contributed by atoms with Gasteiger partial charge in [-0.05, 0) is 23.6 Å². The summed E-state index contributed by atoms with van der Waals surface area (Å²) in [4.78, 5) is 26.5. The molecule has 7 heteroatoms. The van der Waals surface area contributed by atoms with Crippen molar-refractivity contribution >= 4 is 11.8 Å². The van der Waals surface area contributed by atoms with Gasteiger partial charge in [-0.25, -0.2) is 0 Å². The SMILES string of the molecule is CC[C@H](C)[C@@H](CO)NC(=O)[C@@H]1CC(=O)N(Cc2ccc3c(c2)OCO3)C1. The molecule has 0 aromatic heterocycles. The highest BCUT2D eigenvalue weighted by Crippen LogP contribution is 2.33. The maximum Gasteiger partial charge on any atom is 0.231 e. The van der Waals surface area contributed by atoms with E-state index in [1.54, 1.807) is 4.90 Å². The molecule has 1 saturated heterocycles. The van der Waals surface area contributed by atoms with Crippen molar-refractivity contribution in [1.82, 2.24) is 10.2 Å². The Labute approximate surface area is 153 Å². The molecule has 7 nitrogen and oxygen atoms in total. The summed E-state index contributed by atoms with van der Waals surface area (Å²) in [6.45, 7) is 4.96. The Morgan fingerprint density at radius 3 is 2.88 bits per heavy atom. The number of amides is 2. The number of aliphatic hydroxyl groups excluding tert-OH is 1. The number of likely N-dealkylation sites (tertiary alicyclic amines) is 1. The Kier molecular flexibility index (Phi) is 5.66. The van der Waals surface area contributed by atoms with Gasteiger partial charge in [0.15, 0.2) is 11.5 Å². The minimum absolute atomic E-state index is 0.0353. The molecule has 0 radical (unpaired) electrons. The fourth-order valence-electron chi connectivity index (χ4n) is 3.31. The quantitative estimate of drug-likeness (QED) is 0.763. The summed E-state index contributed by atoms with van der Waals surface area (Å²) in [7, 11) is 0. The third-order valence-electron chi connectivity index (χ3n) is 5.25. The van der Waals surface area contributed by atoms with Gasteiger partial charge in [0.05, 0.1) is 18.6 Å². The van der Waals surface area contributed by atoms with Gasteiger partial charge < -0.3 is 24.8 Å². The van der Waals surface area contributed by atoms with E-state index in [2.05, 4.69) is 5.32 Å². The van der Waals surface area contributed by atoms with Crippen molar-refractivity contribution in [3.63, 3.8) is 0 Å². The lowest BCUT2D eigenvalue weighted by atomic mass is 9.98. The van der Waals surface area contributed by atoms with Crippen molar-refractivity contribution in [1.29, 1.82) is 0 Å². The van der Waals surface area contributed by atoms with Crippen LogP contribution in [-0.4, -0.2) is 47.8 Å². The average Bonchev–Trinajstić information content (AvgIpc) is 3.25. The van der Waals surface area contributed by atoms with E-state index in [-0.39, 0.29) is 49.5 Å². The predicted octanol–water partition coefficient (Wildman–Crippen LogP) is 1.29. The molecule has 1 aromatic rings. The number of nitrogens with zero attached hydrogens (tertiary/aromatic N) is 1. The van der Waals surface area contributed by atoms with Gasteiger partial charge in [-0.2, -0.15) is 0 Å². The third kappa shape index (κ3) is 3.93. The monoisotopic (exact) mass is 362 g/mol. The van der Waals surface area contributed by atoms with E-state index in [9.17, 15) is 14.7 Å². The van der Waals surface area contributed by atoms with Crippen molar-refractivity contribution < 1.29 is 24.2 Å². The second-order valence-corrected chi connectivity index (χ2v) is 7.05. The molecular weight excluding hydrogens is 336 g/mol. The van der Waals surface area contributed by atoms with E-state index in [4.69, 9.17) is 9.47 Å². The van der Waals surface area contributed by atoms with E-state index < -0.39 is 0 Å². The fourth-order valence-corrected chi connectivity index (χ4v) is 3.31. The van der Waals surface area contributed by atoms with Crippen molar-refractivity contribution in [2.75, 3.05) is 19.9 Å². The molecule has 0 spiro atoms. The summed E-state index contributed by atoms with van der Waals surface area (Å²) in [6, 6.07) is 5.33. The molecule has 2 aliphatic heterocycles. The van der Waals surface area contributed by atoms with E-state index in [0.717, 1.165) is 12.0 Å². The highest BCUT2D eigenvalue weighted by Gasteiger charge is 2.35. The van der Waals surface area contributed by atoms with E-state index in [1.165, 1.54) is 0 Å². The number of aliphatic hydroxyl groups is 1. The van der Waals surface area contributed by atoms with Crippen molar-refractivity contribution in [2.45, 2.75) is 39.3 Å². The van der Waals surface area contributed by atoms with E-state index in [0.29, 0.717) is 24.6 Å².